The number of hydrogen-bond donors (Lipinski definition) is 0. The summed E-state index contributed by atoms with van der Waals surface area (Å²) in [5.74, 6) is -1.25. The number of esters is 2. The van der Waals surface area contributed by atoms with E-state index in [1.165, 1.54) is 0 Å². The highest BCUT2D eigenvalue weighted by molar-refractivity contribution is 5.95. The highest BCUT2D eigenvalue weighted by Gasteiger charge is 2.29. The van der Waals surface area contributed by atoms with Crippen molar-refractivity contribution >= 4 is 17.7 Å². The molecule has 108 valence electrons. The third kappa shape index (κ3) is 4.42. The largest absolute Gasteiger partial charge is 0.451 e. The van der Waals surface area contributed by atoms with Crippen molar-refractivity contribution < 1.29 is 23.9 Å². The fourth-order valence-electron chi connectivity index (χ4n) is 1.87. The highest BCUT2D eigenvalue weighted by Crippen LogP contribution is 2.22. The zero-order valence-electron chi connectivity index (χ0n) is 11.3. The van der Waals surface area contributed by atoms with Crippen LogP contribution >= 0.6 is 0 Å². The van der Waals surface area contributed by atoms with E-state index >= 15 is 0 Å². The molecule has 0 heterocycles. The van der Waals surface area contributed by atoms with E-state index in [2.05, 4.69) is 6.58 Å². The Morgan fingerprint density at radius 1 is 1.14 bits per heavy atom. The zero-order chi connectivity index (χ0) is 15.2. The maximum absolute atomic E-state index is 11.5. The third-order valence-corrected chi connectivity index (χ3v) is 2.83. The second-order valence-electron chi connectivity index (χ2n) is 4.59. The molecule has 1 aliphatic rings. The summed E-state index contributed by atoms with van der Waals surface area (Å²) in [6, 6.07) is 8.47. The lowest BCUT2D eigenvalue weighted by Gasteiger charge is -2.07. The van der Waals surface area contributed by atoms with Gasteiger partial charge in [0.15, 0.2) is 11.9 Å². The molecule has 1 fully saturated rings. The number of ether oxygens (including phenoxy) is 2. The SMILES string of the molecule is C=C1CC(=O)C(OC(=O)/C=C/C(=O)Oc2ccccc2)C1. The van der Waals surface area contributed by atoms with Crippen LogP contribution in [0.4, 0.5) is 0 Å². The molecule has 2 rings (SSSR count). The van der Waals surface area contributed by atoms with Crippen molar-refractivity contribution in [3.63, 3.8) is 0 Å². The molecule has 0 N–H and O–H groups in total. The monoisotopic (exact) mass is 286 g/mol. The van der Waals surface area contributed by atoms with E-state index in [1.807, 2.05) is 0 Å². The van der Waals surface area contributed by atoms with Crippen molar-refractivity contribution in [2.45, 2.75) is 18.9 Å². The topological polar surface area (TPSA) is 69.7 Å². The van der Waals surface area contributed by atoms with Gasteiger partial charge >= 0.3 is 11.9 Å². The predicted molar refractivity (Wildman–Crippen MR) is 74.5 cm³/mol. The van der Waals surface area contributed by atoms with Gasteiger partial charge in [0, 0.05) is 25.0 Å². The molecule has 0 spiro atoms. The quantitative estimate of drug-likeness (QED) is 0.366. The fraction of sp³-hybridized carbons (Fsp3) is 0.188. The first-order valence-corrected chi connectivity index (χ1v) is 6.39. The molecule has 1 aromatic carbocycles. The van der Waals surface area contributed by atoms with E-state index in [0.29, 0.717) is 12.2 Å². The molecule has 0 radical (unpaired) electrons. The number of benzene rings is 1. The summed E-state index contributed by atoms with van der Waals surface area (Å²) in [4.78, 5) is 34.4. The van der Waals surface area contributed by atoms with Crippen molar-refractivity contribution in [2.75, 3.05) is 0 Å². The van der Waals surface area contributed by atoms with Crippen LogP contribution in [0.5, 0.6) is 5.75 Å². The highest BCUT2D eigenvalue weighted by atomic mass is 16.5. The molecule has 0 aliphatic heterocycles. The Hall–Kier alpha value is -2.69. The van der Waals surface area contributed by atoms with Gasteiger partial charge in [0.1, 0.15) is 5.75 Å². The van der Waals surface area contributed by atoms with Gasteiger partial charge in [-0.25, -0.2) is 9.59 Å². The lowest BCUT2D eigenvalue weighted by molar-refractivity contribution is -0.148. The number of rotatable bonds is 4. The average Bonchev–Trinajstić information content (AvgIpc) is 2.76. The minimum Gasteiger partial charge on any atom is -0.451 e. The smallest absolute Gasteiger partial charge is 0.336 e. The predicted octanol–water partition coefficient (Wildman–Crippen LogP) is 1.98. The van der Waals surface area contributed by atoms with Gasteiger partial charge in [-0.3, -0.25) is 4.79 Å². The summed E-state index contributed by atoms with van der Waals surface area (Å²) in [5, 5.41) is 0. The second-order valence-corrected chi connectivity index (χ2v) is 4.59. The number of Topliss-reactive ketones (excluding diaryl/α,β-unsaturated/α-hetero) is 1. The number of hydrogen-bond acceptors (Lipinski definition) is 5. The van der Waals surface area contributed by atoms with Gasteiger partial charge in [-0.15, -0.1) is 0 Å². The van der Waals surface area contributed by atoms with Crippen LogP contribution in [0, 0.1) is 0 Å². The first-order chi connectivity index (χ1) is 10.0. The number of carbonyl (C=O) groups is 3. The molecule has 5 nitrogen and oxygen atoms in total. The minimum absolute atomic E-state index is 0.173. The van der Waals surface area contributed by atoms with Crippen molar-refractivity contribution in [2.24, 2.45) is 0 Å². The van der Waals surface area contributed by atoms with Crippen molar-refractivity contribution in [3.8, 4) is 5.75 Å². The molecule has 1 saturated carbocycles. The molecule has 21 heavy (non-hydrogen) atoms. The van der Waals surface area contributed by atoms with Crippen LogP contribution in [0.1, 0.15) is 12.8 Å². The Morgan fingerprint density at radius 3 is 2.43 bits per heavy atom. The molecule has 0 bridgehead atoms. The van der Waals surface area contributed by atoms with Crippen molar-refractivity contribution in [1.29, 1.82) is 0 Å². The van der Waals surface area contributed by atoms with Gasteiger partial charge in [0.25, 0.3) is 0 Å². The Balaban J connectivity index is 1.83. The van der Waals surface area contributed by atoms with E-state index in [0.717, 1.165) is 17.7 Å². The van der Waals surface area contributed by atoms with Crippen LogP contribution < -0.4 is 4.74 Å². The summed E-state index contributed by atoms with van der Waals surface area (Å²) >= 11 is 0. The van der Waals surface area contributed by atoms with Gasteiger partial charge in [-0.2, -0.15) is 0 Å². The normalized spacial score (nSPS) is 18.0. The summed E-state index contributed by atoms with van der Waals surface area (Å²) in [5.41, 5.74) is 0.741. The maximum Gasteiger partial charge on any atom is 0.336 e. The Labute approximate surface area is 121 Å². The molecule has 1 aliphatic carbocycles. The molecule has 0 amide bonds. The van der Waals surface area contributed by atoms with Gasteiger partial charge in [-0.05, 0) is 12.1 Å². The summed E-state index contributed by atoms with van der Waals surface area (Å²) in [6.07, 6.45) is 1.69. The van der Waals surface area contributed by atoms with E-state index in [-0.39, 0.29) is 12.2 Å². The molecule has 0 saturated heterocycles. The Bertz CT molecular complexity index is 600. The maximum atomic E-state index is 11.5. The lowest BCUT2D eigenvalue weighted by Crippen LogP contribution is -2.21. The van der Waals surface area contributed by atoms with Crippen molar-refractivity contribution in [3.05, 3.63) is 54.6 Å². The van der Waals surface area contributed by atoms with Crippen molar-refractivity contribution in [1.82, 2.24) is 0 Å². The summed E-state index contributed by atoms with van der Waals surface area (Å²) in [6.45, 7) is 3.68. The van der Waals surface area contributed by atoms with Crippen LogP contribution in [-0.4, -0.2) is 23.8 Å². The molecule has 1 aromatic rings. The Kier molecular flexibility index (Phi) is 4.66. The van der Waals surface area contributed by atoms with Gasteiger partial charge in [-0.1, -0.05) is 30.4 Å². The van der Waals surface area contributed by atoms with E-state index in [4.69, 9.17) is 9.47 Å². The van der Waals surface area contributed by atoms with Crippen LogP contribution in [0.2, 0.25) is 0 Å². The molecular weight excluding hydrogens is 272 g/mol. The van der Waals surface area contributed by atoms with E-state index < -0.39 is 18.0 Å². The standard InChI is InChI=1S/C16H14O5/c1-11-9-13(17)14(10-11)21-16(19)8-7-15(18)20-12-5-3-2-4-6-12/h2-8,14H,1,9-10H2/b8-7+. The lowest BCUT2D eigenvalue weighted by atomic mass is 10.3. The average molecular weight is 286 g/mol. The summed E-state index contributed by atoms with van der Waals surface area (Å²) in [7, 11) is 0. The van der Waals surface area contributed by atoms with Crippen LogP contribution in [0.25, 0.3) is 0 Å². The second kappa shape index (κ2) is 6.65. The van der Waals surface area contributed by atoms with Crippen LogP contribution in [0.3, 0.4) is 0 Å². The summed E-state index contributed by atoms with van der Waals surface area (Å²) < 4.78 is 9.91. The third-order valence-electron chi connectivity index (χ3n) is 2.83. The molecule has 1 atom stereocenters. The van der Waals surface area contributed by atoms with Gasteiger partial charge in [0.2, 0.25) is 0 Å². The van der Waals surface area contributed by atoms with Crippen LogP contribution in [0.15, 0.2) is 54.6 Å². The molecule has 0 aromatic heterocycles. The number of ketones is 1. The Morgan fingerprint density at radius 2 is 1.81 bits per heavy atom. The first kappa shape index (κ1) is 14.7. The first-order valence-electron chi connectivity index (χ1n) is 6.39. The molecule has 1 unspecified atom stereocenters. The van der Waals surface area contributed by atoms with Gasteiger partial charge < -0.3 is 9.47 Å². The minimum atomic E-state index is -0.792. The fourth-order valence-corrected chi connectivity index (χ4v) is 1.87. The van der Waals surface area contributed by atoms with E-state index in [9.17, 15) is 14.4 Å². The van der Waals surface area contributed by atoms with Crippen LogP contribution in [-0.2, 0) is 19.1 Å². The molecule has 5 heteroatoms. The number of carbonyl (C=O) groups excluding carboxylic acids is 3. The molecular formula is C16H14O5. The van der Waals surface area contributed by atoms with E-state index in [1.54, 1.807) is 30.3 Å². The zero-order valence-corrected chi connectivity index (χ0v) is 11.3. The van der Waals surface area contributed by atoms with Gasteiger partial charge in [0.05, 0.1) is 0 Å². The number of para-hydroxylation sites is 1.